The van der Waals surface area contributed by atoms with Crippen molar-refractivity contribution in [3.8, 4) is 17.6 Å². The number of imidazole rings is 1. The number of rotatable bonds is 1. The van der Waals surface area contributed by atoms with Gasteiger partial charge in [0.05, 0.1) is 5.56 Å². The predicted molar refractivity (Wildman–Crippen MR) is 46.5 cm³/mol. The first kappa shape index (κ1) is 7.50. The molecule has 62 valence electrons. The van der Waals surface area contributed by atoms with Crippen molar-refractivity contribution in [3.63, 3.8) is 0 Å². The number of H-pyrrole nitrogens is 1. The standard InChI is InChI=1S/C9H6N4/c10-5-7-1-2-8(13-6-7)9-11-3-4-12-9/h1-4,6H,(H,11,12). The minimum absolute atomic E-state index is 0.551. The highest BCUT2D eigenvalue weighted by Gasteiger charge is 1.99. The molecule has 0 bridgehead atoms. The van der Waals surface area contributed by atoms with E-state index in [2.05, 4.69) is 15.0 Å². The van der Waals surface area contributed by atoms with Gasteiger partial charge in [-0.25, -0.2) is 4.98 Å². The highest BCUT2D eigenvalue weighted by atomic mass is 14.9. The van der Waals surface area contributed by atoms with E-state index in [-0.39, 0.29) is 0 Å². The fourth-order valence-corrected chi connectivity index (χ4v) is 1.01. The summed E-state index contributed by atoms with van der Waals surface area (Å²) in [6, 6.07) is 5.48. The number of nitriles is 1. The van der Waals surface area contributed by atoms with Crippen LogP contribution in [0.25, 0.3) is 11.5 Å². The molecule has 0 aromatic carbocycles. The topological polar surface area (TPSA) is 65.4 Å². The molecule has 0 atom stereocenters. The molecule has 2 aromatic heterocycles. The lowest BCUT2D eigenvalue weighted by atomic mass is 10.2. The second-order valence-corrected chi connectivity index (χ2v) is 2.48. The molecule has 4 heteroatoms. The molecule has 0 saturated heterocycles. The maximum absolute atomic E-state index is 8.55. The first-order valence-corrected chi connectivity index (χ1v) is 3.76. The third-order valence-electron chi connectivity index (χ3n) is 1.63. The molecule has 0 fully saturated rings. The van der Waals surface area contributed by atoms with Gasteiger partial charge in [0, 0.05) is 18.6 Å². The van der Waals surface area contributed by atoms with E-state index in [1.54, 1.807) is 24.5 Å². The Labute approximate surface area is 74.9 Å². The summed E-state index contributed by atoms with van der Waals surface area (Å²) >= 11 is 0. The summed E-state index contributed by atoms with van der Waals surface area (Å²) in [5.41, 5.74) is 1.29. The van der Waals surface area contributed by atoms with Gasteiger partial charge in [-0.2, -0.15) is 5.26 Å². The predicted octanol–water partition coefficient (Wildman–Crippen LogP) is 1.34. The van der Waals surface area contributed by atoms with Crippen molar-refractivity contribution in [1.82, 2.24) is 15.0 Å². The smallest absolute Gasteiger partial charge is 0.155 e. The Kier molecular flexibility index (Phi) is 1.77. The molecule has 2 aromatic rings. The summed E-state index contributed by atoms with van der Waals surface area (Å²) in [5.74, 6) is 0.712. The lowest BCUT2D eigenvalue weighted by molar-refractivity contribution is 1.22. The van der Waals surface area contributed by atoms with Crippen LogP contribution in [-0.4, -0.2) is 15.0 Å². The van der Waals surface area contributed by atoms with Crippen LogP contribution in [0.3, 0.4) is 0 Å². The highest BCUT2D eigenvalue weighted by Crippen LogP contribution is 2.10. The number of hydrogen-bond donors (Lipinski definition) is 1. The number of aromatic amines is 1. The average molecular weight is 170 g/mol. The zero-order valence-corrected chi connectivity index (χ0v) is 6.73. The van der Waals surface area contributed by atoms with Crippen LogP contribution < -0.4 is 0 Å². The van der Waals surface area contributed by atoms with E-state index in [1.807, 2.05) is 6.07 Å². The minimum atomic E-state index is 0.551. The number of hydrogen-bond acceptors (Lipinski definition) is 3. The fraction of sp³-hybridized carbons (Fsp3) is 0. The van der Waals surface area contributed by atoms with Crippen molar-refractivity contribution >= 4 is 0 Å². The minimum Gasteiger partial charge on any atom is -0.343 e. The van der Waals surface area contributed by atoms with E-state index in [4.69, 9.17) is 5.26 Å². The molecular weight excluding hydrogens is 164 g/mol. The Bertz CT molecular complexity index is 422. The van der Waals surface area contributed by atoms with Gasteiger partial charge < -0.3 is 4.98 Å². The Morgan fingerprint density at radius 1 is 1.31 bits per heavy atom. The molecule has 0 spiro atoms. The SMILES string of the molecule is N#Cc1ccc(-c2ncc[nH]2)nc1. The van der Waals surface area contributed by atoms with Gasteiger partial charge in [-0.3, -0.25) is 4.98 Å². The van der Waals surface area contributed by atoms with Crippen molar-refractivity contribution in [2.75, 3.05) is 0 Å². The largest absolute Gasteiger partial charge is 0.343 e. The van der Waals surface area contributed by atoms with E-state index in [0.29, 0.717) is 11.4 Å². The Morgan fingerprint density at radius 3 is 2.77 bits per heavy atom. The van der Waals surface area contributed by atoms with Crippen LogP contribution >= 0.6 is 0 Å². The summed E-state index contributed by atoms with van der Waals surface area (Å²) in [7, 11) is 0. The van der Waals surface area contributed by atoms with Gasteiger partial charge >= 0.3 is 0 Å². The molecule has 13 heavy (non-hydrogen) atoms. The van der Waals surface area contributed by atoms with E-state index < -0.39 is 0 Å². The zero-order chi connectivity index (χ0) is 9.10. The van der Waals surface area contributed by atoms with Gasteiger partial charge in [-0.05, 0) is 12.1 Å². The monoisotopic (exact) mass is 170 g/mol. The first-order chi connectivity index (χ1) is 6.40. The number of nitrogens with zero attached hydrogens (tertiary/aromatic N) is 3. The summed E-state index contributed by atoms with van der Waals surface area (Å²) < 4.78 is 0. The van der Waals surface area contributed by atoms with Gasteiger partial charge in [0.15, 0.2) is 5.82 Å². The second kappa shape index (κ2) is 3.07. The van der Waals surface area contributed by atoms with Gasteiger partial charge in [-0.15, -0.1) is 0 Å². The molecule has 0 aliphatic rings. The first-order valence-electron chi connectivity index (χ1n) is 3.76. The summed E-state index contributed by atoms with van der Waals surface area (Å²) in [6.07, 6.45) is 4.92. The molecular formula is C9H6N4. The molecule has 0 unspecified atom stereocenters. The number of nitrogens with one attached hydrogen (secondary N) is 1. The third kappa shape index (κ3) is 1.40. The summed E-state index contributed by atoms with van der Waals surface area (Å²) in [6.45, 7) is 0. The molecule has 0 amide bonds. The van der Waals surface area contributed by atoms with Gasteiger partial charge in [0.2, 0.25) is 0 Å². The van der Waals surface area contributed by atoms with Crippen molar-refractivity contribution < 1.29 is 0 Å². The normalized spacial score (nSPS) is 9.46. The molecule has 2 rings (SSSR count). The van der Waals surface area contributed by atoms with Crippen molar-refractivity contribution in [3.05, 3.63) is 36.3 Å². The van der Waals surface area contributed by atoms with Crippen LogP contribution in [0.4, 0.5) is 0 Å². The van der Waals surface area contributed by atoms with E-state index in [1.165, 1.54) is 6.20 Å². The van der Waals surface area contributed by atoms with Crippen molar-refractivity contribution in [2.45, 2.75) is 0 Å². The maximum Gasteiger partial charge on any atom is 0.155 e. The number of pyridine rings is 1. The Balaban J connectivity index is 2.40. The van der Waals surface area contributed by atoms with Crippen molar-refractivity contribution in [2.24, 2.45) is 0 Å². The number of aromatic nitrogens is 3. The lowest BCUT2D eigenvalue weighted by Gasteiger charge is -1.94. The highest BCUT2D eigenvalue weighted by molar-refractivity contribution is 5.49. The molecule has 1 N–H and O–H groups in total. The molecule has 0 radical (unpaired) electrons. The van der Waals surface area contributed by atoms with Crippen LogP contribution in [0.15, 0.2) is 30.7 Å². The van der Waals surface area contributed by atoms with Gasteiger partial charge in [-0.1, -0.05) is 0 Å². The van der Waals surface area contributed by atoms with Crippen molar-refractivity contribution in [1.29, 1.82) is 5.26 Å². The Morgan fingerprint density at radius 2 is 2.23 bits per heavy atom. The van der Waals surface area contributed by atoms with E-state index in [9.17, 15) is 0 Å². The fourth-order valence-electron chi connectivity index (χ4n) is 1.01. The van der Waals surface area contributed by atoms with Crippen LogP contribution in [0, 0.1) is 11.3 Å². The molecule has 0 saturated carbocycles. The zero-order valence-electron chi connectivity index (χ0n) is 6.73. The van der Waals surface area contributed by atoms with Crippen LogP contribution in [0.5, 0.6) is 0 Å². The van der Waals surface area contributed by atoms with Crippen LogP contribution in [0.2, 0.25) is 0 Å². The molecule has 2 heterocycles. The maximum atomic E-state index is 8.55. The summed E-state index contributed by atoms with van der Waals surface area (Å²) in [4.78, 5) is 11.1. The second-order valence-electron chi connectivity index (χ2n) is 2.48. The van der Waals surface area contributed by atoms with Crippen LogP contribution in [-0.2, 0) is 0 Å². The molecule has 0 aliphatic carbocycles. The summed E-state index contributed by atoms with van der Waals surface area (Å²) in [5, 5.41) is 8.55. The van der Waals surface area contributed by atoms with E-state index >= 15 is 0 Å². The molecule has 4 nitrogen and oxygen atoms in total. The average Bonchev–Trinajstić information content (AvgIpc) is 2.71. The van der Waals surface area contributed by atoms with E-state index in [0.717, 1.165) is 5.69 Å². The molecule has 0 aliphatic heterocycles. The van der Waals surface area contributed by atoms with Gasteiger partial charge in [0.1, 0.15) is 11.8 Å². The van der Waals surface area contributed by atoms with Gasteiger partial charge in [0.25, 0.3) is 0 Å². The van der Waals surface area contributed by atoms with Crippen LogP contribution in [0.1, 0.15) is 5.56 Å². The third-order valence-corrected chi connectivity index (χ3v) is 1.63. The lowest BCUT2D eigenvalue weighted by Crippen LogP contribution is -1.85. The Hall–Kier alpha value is -2.15. The quantitative estimate of drug-likeness (QED) is 0.702.